The van der Waals surface area contributed by atoms with Crippen LogP contribution in [0.2, 0.25) is 0 Å². The van der Waals surface area contributed by atoms with Gasteiger partial charge in [0.25, 0.3) is 0 Å². The first-order valence-electron chi connectivity index (χ1n) is 2.66. The lowest BCUT2D eigenvalue weighted by molar-refractivity contribution is -0.132. The topological polar surface area (TPSA) is 41.9 Å². The van der Waals surface area contributed by atoms with Crippen LogP contribution in [-0.2, 0) is 9.53 Å². The Hall–Kier alpha value is -0.900. The summed E-state index contributed by atoms with van der Waals surface area (Å²) < 4.78 is 4.69. The maximum absolute atomic E-state index is 10.7. The summed E-state index contributed by atoms with van der Waals surface area (Å²) in [5.74, 6) is -0.00292. The van der Waals surface area contributed by atoms with Gasteiger partial charge >= 0.3 is 0 Å². The molecule has 1 heterocycles. The third kappa shape index (κ3) is 1.26. The van der Waals surface area contributed by atoms with Crippen LogP contribution in [0.5, 0.6) is 0 Å². The van der Waals surface area contributed by atoms with Gasteiger partial charge in [-0.25, -0.2) is 5.01 Å². The van der Waals surface area contributed by atoms with E-state index in [1.807, 2.05) is 0 Å². The molecule has 1 aliphatic rings. The van der Waals surface area contributed by atoms with Crippen molar-refractivity contribution in [3.8, 4) is 0 Å². The minimum Gasteiger partial charge on any atom is -0.362 e. The molecule has 9 heavy (non-hydrogen) atoms. The summed E-state index contributed by atoms with van der Waals surface area (Å²) in [6.45, 7) is 0.259. The summed E-state index contributed by atoms with van der Waals surface area (Å²) in [6.07, 6.45) is 1.98. The van der Waals surface area contributed by atoms with Gasteiger partial charge in [-0.1, -0.05) is 0 Å². The zero-order valence-electron chi connectivity index (χ0n) is 5.20. The summed E-state index contributed by atoms with van der Waals surface area (Å²) in [5, 5.41) is 5.03. The van der Waals surface area contributed by atoms with Crippen LogP contribution in [0.25, 0.3) is 0 Å². The molecular weight excluding hydrogens is 120 g/mol. The largest absolute Gasteiger partial charge is 0.362 e. The fourth-order valence-electron chi connectivity index (χ4n) is 0.615. The van der Waals surface area contributed by atoms with Crippen LogP contribution in [0.1, 0.15) is 6.42 Å². The Morgan fingerprint density at radius 3 is 3.22 bits per heavy atom. The predicted octanol–water partition coefficient (Wildman–Crippen LogP) is -0.192. The number of hydrazone groups is 1. The van der Waals surface area contributed by atoms with Gasteiger partial charge in [0.05, 0.1) is 6.42 Å². The highest BCUT2D eigenvalue weighted by atomic mass is 16.5. The number of hydrogen-bond acceptors (Lipinski definition) is 3. The molecule has 1 aliphatic heterocycles. The highest BCUT2D eigenvalue weighted by Gasteiger charge is 2.14. The Balaban J connectivity index is 2.40. The van der Waals surface area contributed by atoms with Gasteiger partial charge in [-0.15, -0.1) is 0 Å². The summed E-state index contributed by atoms with van der Waals surface area (Å²) in [5.41, 5.74) is 0. The lowest BCUT2D eigenvalue weighted by Crippen LogP contribution is -2.22. The van der Waals surface area contributed by atoms with E-state index < -0.39 is 0 Å². The predicted molar refractivity (Wildman–Crippen MR) is 31.8 cm³/mol. The Bertz CT molecular complexity index is 144. The van der Waals surface area contributed by atoms with Crippen LogP contribution >= 0.6 is 0 Å². The first kappa shape index (κ1) is 6.22. The second kappa shape index (κ2) is 2.59. The van der Waals surface area contributed by atoms with Crippen molar-refractivity contribution >= 4 is 12.1 Å². The molecule has 4 nitrogen and oxygen atoms in total. The first-order valence-corrected chi connectivity index (χ1v) is 2.66. The summed E-state index contributed by atoms with van der Waals surface area (Å²) in [4.78, 5) is 10.7. The monoisotopic (exact) mass is 128 g/mol. The van der Waals surface area contributed by atoms with E-state index in [-0.39, 0.29) is 12.6 Å². The van der Waals surface area contributed by atoms with Crippen LogP contribution in [-0.4, -0.2) is 31.0 Å². The molecule has 0 atom stereocenters. The van der Waals surface area contributed by atoms with Gasteiger partial charge in [-0.3, -0.25) is 4.79 Å². The maximum atomic E-state index is 10.7. The van der Waals surface area contributed by atoms with Crippen LogP contribution in [0.4, 0.5) is 0 Å². The van der Waals surface area contributed by atoms with E-state index in [1.54, 1.807) is 6.21 Å². The molecule has 0 aromatic carbocycles. The summed E-state index contributed by atoms with van der Waals surface area (Å²) >= 11 is 0. The Kier molecular flexibility index (Phi) is 1.79. The average Bonchev–Trinajstić information content (AvgIpc) is 2.18. The van der Waals surface area contributed by atoms with Crippen molar-refractivity contribution in [3.63, 3.8) is 0 Å². The molecule has 0 unspecified atom stereocenters. The van der Waals surface area contributed by atoms with E-state index in [0.29, 0.717) is 6.42 Å². The van der Waals surface area contributed by atoms with Crippen molar-refractivity contribution in [1.82, 2.24) is 5.01 Å². The number of amides is 1. The Morgan fingerprint density at radius 1 is 2.00 bits per heavy atom. The highest BCUT2D eigenvalue weighted by Crippen LogP contribution is 2.00. The number of rotatable bonds is 2. The van der Waals surface area contributed by atoms with Crippen molar-refractivity contribution in [2.45, 2.75) is 6.42 Å². The maximum Gasteiger partial charge on any atom is 0.250 e. The lowest BCUT2D eigenvalue weighted by Gasteiger charge is -2.08. The fourth-order valence-corrected chi connectivity index (χ4v) is 0.615. The van der Waals surface area contributed by atoms with E-state index in [4.69, 9.17) is 0 Å². The van der Waals surface area contributed by atoms with Gasteiger partial charge in [0, 0.05) is 13.3 Å². The molecule has 50 valence electrons. The molecule has 0 fully saturated rings. The average molecular weight is 128 g/mol. The smallest absolute Gasteiger partial charge is 0.250 e. The van der Waals surface area contributed by atoms with Crippen LogP contribution in [0, 0.1) is 0 Å². The van der Waals surface area contributed by atoms with Crippen LogP contribution in [0.3, 0.4) is 0 Å². The van der Waals surface area contributed by atoms with Crippen molar-refractivity contribution in [1.29, 1.82) is 0 Å². The number of hydrogen-bond donors (Lipinski definition) is 0. The molecule has 0 aliphatic carbocycles. The lowest BCUT2D eigenvalue weighted by atomic mass is 10.5. The number of methoxy groups -OCH3 is 1. The minimum absolute atomic E-state index is 0.00292. The summed E-state index contributed by atoms with van der Waals surface area (Å²) in [6, 6.07) is 0. The van der Waals surface area contributed by atoms with E-state index in [0.717, 1.165) is 0 Å². The van der Waals surface area contributed by atoms with Crippen LogP contribution in [0.15, 0.2) is 5.10 Å². The van der Waals surface area contributed by atoms with Crippen molar-refractivity contribution < 1.29 is 9.53 Å². The van der Waals surface area contributed by atoms with Gasteiger partial charge in [-0.05, 0) is 0 Å². The zero-order chi connectivity index (χ0) is 6.69. The molecule has 0 N–H and O–H groups in total. The van der Waals surface area contributed by atoms with E-state index in [2.05, 4.69) is 9.84 Å². The van der Waals surface area contributed by atoms with E-state index in [1.165, 1.54) is 12.1 Å². The Morgan fingerprint density at radius 2 is 2.78 bits per heavy atom. The molecule has 0 saturated heterocycles. The number of carbonyl (C=O) groups excluding carboxylic acids is 1. The van der Waals surface area contributed by atoms with Gasteiger partial charge in [-0.2, -0.15) is 5.10 Å². The molecule has 1 rings (SSSR count). The molecular formula is C5H8N2O2. The Labute approximate surface area is 53.1 Å². The quantitative estimate of drug-likeness (QED) is 0.517. The van der Waals surface area contributed by atoms with Crippen molar-refractivity contribution in [2.75, 3.05) is 13.8 Å². The molecule has 0 saturated carbocycles. The van der Waals surface area contributed by atoms with Crippen molar-refractivity contribution in [3.05, 3.63) is 0 Å². The summed E-state index contributed by atoms with van der Waals surface area (Å²) in [7, 11) is 1.53. The zero-order valence-corrected chi connectivity index (χ0v) is 5.20. The minimum atomic E-state index is -0.00292. The second-order valence-corrected chi connectivity index (χ2v) is 1.71. The van der Waals surface area contributed by atoms with Gasteiger partial charge in [0.15, 0.2) is 0 Å². The number of nitrogens with zero attached hydrogens (tertiary/aromatic N) is 2. The van der Waals surface area contributed by atoms with E-state index in [9.17, 15) is 4.79 Å². The third-order valence-corrected chi connectivity index (χ3v) is 1.03. The normalized spacial score (nSPS) is 17.4. The van der Waals surface area contributed by atoms with Gasteiger partial charge < -0.3 is 4.74 Å². The first-order chi connectivity index (χ1) is 4.34. The molecule has 0 aromatic heterocycles. The molecule has 4 heteroatoms. The molecule has 0 aromatic rings. The van der Waals surface area contributed by atoms with Crippen LogP contribution < -0.4 is 0 Å². The highest BCUT2D eigenvalue weighted by molar-refractivity contribution is 5.93. The van der Waals surface area contributed by atoms with Gasteiger partial charge in [0.1, 0.15) is 6.73 Å². The number of carbonyl (C=O) groups is 1. The van der Waals surface area contributed by atoms with Crippen molar-refractivity contribution in [2.24, 2.45) is 5.10 Å². The molecule has 0 bridgehead atoms. The van der Waals surface area contributed by atoms with E-state index >= 15 is 0 Å². The molecule has 1 amide bonds. The number of ether oxygens (including phenoxy) is 1. The third-order valence-electron chi connectivity index (χ3n) is 1.03. The SMILES string of the molecule is COCN1N=CCC1=O. The van der Waals surface area contributed by atoms with Gasteiger partial charge in [0.2, 0.25) is 5.91 Å². The molecule has 0 spiro atoms. The standard InChI is InChI=1S/C5H8N2O2/c1-9-4-7-5(8)2-3-6-7/h3H,2,4H2,1H3. The second-order valence-electron chi connectivity index (χ2n) is 1.71. The molecule has 0 radical (unpaired) electrons. The fraction of sp³-hybridized carbons (Fsp3) is 0.600.